The van der Waals surface area contributed by atoms with E-state index in [1.165, 1.54) is 17.8 Å². The molecule has 4 rings (SSSR count). The Labute approximate surface area is 176 Å². The number of anilines is 1. The average molecular weight is 426 g/mol. The third-order valence-electron chi connectivity index (χ3n) is 4.43. The maximum atomic E-state index is 14.2. The summed E-state index contributed by atoms with van der Waals surface area (Å²) in [4.78, 5) is 12.7. The second-order valence-corrected chi connectivity index (χ2v) is 7.81. The molecular weight excluding hydrogens is 407 g/mol. The van der Waals surface area contributed by atoms with Crippen LogP contribution >= 0.6 is 11.8 Å². The number of carbonyl (C=O) groups is 1. The lowest BCUT2D eigenvalue weighted by Gasteiger charge is -2.13. The van der Waals surface area contributed by atoms with Crippen molar-refractivity contribution < 1.29 is 18.7 Å². The number of nitrogens with zero attached hydrogens (tertiary/aromatic N) is 3. The van der Waals surface area contributed by atoms with Crippen LogP contribution in [0.2, 0.25) is 0 Å². The SMILES string of the molecule is C=CCn1c(S[C@@H](C)C(=O)Nc2ccc3c(c2)OCO3)nnc1-c1ccccc1F. The van der Waals surface area contributed by atoms with Gasteiger partial charge in [-0.1, -0.05) is 30.0 Å². The zero-order valence-electron chi connectivity index (χ0n) is 16.2. The zero-order chi connectivity index (χ0) is 21.1. The van der Waals surface area contributed by atoms with Gasteiger partial charge >= 0.3 is 0 Å². The monoisotopic (exact) mass is 426 g/mol. The van der Waals surface area contributed by atoms with Crippen LogP contribution in [0.15, 0.2) is 60.3 Å². The van der Waals surface area contributed by atoms with E-state index < -0.39 is 5.25 Å². The van der Waals surface area contributed by atoms with Crippen LogP contribution in [-0.4, -0.2) is 32.7 Å². The van der Waals surface area contributed by atoms with E-state index in [4.69, 9.17) is 9.47 Å². The summed E-state index contributed by atoms with van der Waals surface area (Å²) in [6, 6.07) is 11.6. The van der Waals surface area contributed by atoms with Crippen molar-refractivity contribution in [1.29, 1.82) is 0 Å². The van der Waals surface area contributed by atoms with Gasteiger partial charge in [0, 0.05) is 18.3 Å². The van der Waals surface area contributed by atoms with E-state index in [1.54, 1.807) is 54.0 Å². The van der Waals surface area contributed by atoms with Gasteiger partial charge in [-0.25, -0.2) is 4.39 Å². The van der Waals surface area contributed by atoms with Crippen LogP contribution in [-0.2, 0) is 11.3 Å². The van der Waals surface area contributed by atoms with Gasteiger partial charge in [-0.2, -0.15) is 0 Å². The van der Waals surface area contributed by atoms with Gasteiger partial charge in [0.15, 0.2) is 22.5 Å². The fourth-order valence-corrected chi connectivity index (χ4v) is 3.80. The summed E-state index contributed by atoms with van der Waals surface area (Å²) in [7, 11) is 0. The largest absolute Gasteiger partial charge is 0.454 e. The molecule has 0 unspecified atom stereocenters. The molecule has 1 aromatic heterocycles. The molecule has 1 atom stereocenters. The van der Waals surface area contributed by atoms with Gasteiger partial charge in [0.05, 0.1) is 10.8 Å². The van der Waals surface area contributed by atoms with E-state index in [2.05, 4.69) is 22.1 Å². The van der Waals surface area contributed by atoms with Crippen molar-refractivity contribution in [1.82, 2.24) is 14.8 Å². The van der Waals surface area contributed by atoms with Crippen molar-refractivity contribution in [3.05, 3.63) is 60.9 Å². The fourth-order valence-electron chi connectivity index (χ4n) is 2.94. The van der Waals surface area contributed by atoms with Crippen molar-refractivity contribution >= 4 is 23.4 Å². The molecule has 1 aliphatic heterocycles. The Bertz CT molecular complexity index is 1100. The summed E-state index contributed by atoms with van der Waals surface area (Å²) in [5.74, 6) is 1.03. The summed E-state index contributed by atoms with van der Waals surface area (Å²) in [6.45, 7) is 6.07. The summed E-state index contributed by atoms with van der Waals surface area (Å²) < 4.78 is 26.6. The summed E-state index contributed by atoms with van der Waals surface area (Å²) in [5, 5.41) is 11.2. The van der Waals surface area contributed by atoms with Crippen molar-refractivity contribution in [2.45, 2.75) is 23.9 Å². The Morgan fingerprint density at radius 1 is 1.30 bits per heavy atom. The van der Waals surface area contributed by atoms with Gasteiger partial charge in [0.1, 0.15) is 5.82 Å². The number of fused-ring (bicyclic) bond motifs is 1. The number of carbonyl (C=O) groups excluding carboxylic acids is 1. The summed E-state index contributed by atoms with van der Waals surface area (Å²) >= 11 is 1.24. The first-order valence-corrected chi connectivity index (χ1v) is 10.1. The van der Waals surface area contributed by atoms with Gasteiger partial charge in [0.2, 0.25) is 12.7 Å². The maximum absolute atomic E-state index is 14.2. The van der Waals surface area contributed by atoms with Crippen LogP contribution in [0.5, 0.6) is 11.5 Å². The average Bonchev–Trinajstić information content (AvgIpc) is 3.35. The standard InChI is InChI=1S/C21H19FN4O3S/c1-3-10-26-19(15-6-4-5-7-16(15)22)24-25-21(26)30-13(2)20(27)23-14-8-9-17-18(11-14)29-12-28-17/h3-9,11,13H,1,10,12H2,2H3,(H,23,27)/t13-/m0/s1. The number of halogens is 1. The molecule has 2 aromatic carbocycles. The van der Waals surface area contributed by atoms with Gasteiger partial charge < -0.3 is 14.8 Å². The normalized spacial score (nSPS) is 13.1. The summed E-state index contributed by atoms with van der Waals surface area (Å²) in [6.07, 6.45) is 1.68. The second-order valence-electron chi connectivity index (χ2n) is 6.50. The Hall–Kier alpha value is -3.33. The first-order valence-electron chi connectivity index (χ1n) is 9.23. The highest BCUT2D eigenvalue weighted by atomic mass is 32.2. The lowest BCUT2D eigenvalue weighted by atomic mass is 10.2. The van der Waals surface area contributed by atoms with E-state index in [9.17, 15) is 9.18 Å². The van der Waals surface area contributed by atoms with Gasteiger partial charge in [-0.15, -0.1) is 16.8 Å². The van der Waals surface area contributed by atoms with E-state index in [0.29, 0.717) is 40.3 Å². The van der Waals surface area contributed by atoms with Gasteiger partial charge in [-0.3, -0.25) is 9.36 Å². The first-order chi connectivity index (χ1) is 14.6. The topological polar surface area (TPSA) is 78.3 Å². The van der Waals surface area contributed by atoms with Crippen LogP contribution in [0.25, 0.3) is 11.4 Å². The number of allylic oxidation sites excluding steroid dienone is 1. The molecule has 1 amide bonds. The van der Waals surface area contributed by atoms with Crippen molar-refractivity contribution in [3.8, 4) is 22.9 Å². The molecule has 0 spiro atoms. The number of thioether (sulfide) groups is 1. The minimum atomic E-state index is -0.475. The molecule has 0 saturated heterocycles. The maximum Gasteiger partial charge on any atom is 0.237 e. The lowest BCUT2D eigenvalue weighted by molar-refractivity contribution is -0.115. The van der Waals surface area contributed by atoms with Crippen molar-refractivity contribution in [2.75, 3.05) is 12.1 Å². The number of ether oxygens (including phenoxy) is 2. The van der Waals surface area contributed by atoms with Gasteiger partial charge in [-0.05, 0) is 31.2 Å². The molecule has 0 radical (unpaired) electrons. The fraction of sp³-hybridized carbons (Fsp3) is 0.190. The molecule has 1 N–H and O–H groups in total. The highest BCUT2D eigenvalue weighted by Crippen LogP contribution is 2.34. The Balaban J connectivity index is 1.51. The quantitative estimate of drug-likeness (QED) is 0.452. The van der Waals surface area contributed by atoms with Crippen LogP contribution in [0, 0.1) is 5.82 Å². The lowest BCUT2D eigenvalue weighted by Crippen LogP contribution is -2.23. The second kappa shape index (κ2) is 8.58. The minimum absolute atomic E-state index is 0.169. The van der Waals surface area contributed by atoms with Gasteiger partial charge in [0.25, 0.3) is 0 Å². The molecule has 0 saturated carbocycles. The Morgan fingerprint density at radius 3 is 2.90 bits per heavy atom. The Kier molecular flexibility index (Phi) is 5.71. The van der Waals surface area contributed by atoms with Crippen LogP contribution in [0.3, 0.4) is 0 Å². The van der Waals surface area contributed by atoms with E-state index in [0.717, 1.165) is 0 Å². The molecule has 30 heavy (non-hydrogen) atoms. The molecule has 0 aliphatic carbocycles. The zero-order valence-corrected chi connectivity index (χ0v) is 17.0. The number of amides is 1. The third-order valence-corrected chi connectivity index (χ3v) is 5.52. The van der Waals surface area contributed by atoms with E-state index in [1.807, 2.05) is 0 Å². The molecule has 3 aromatic rings. The van der Waals surface area contributed by atoms with Crippen molar-refractivity contribution in [3.63, 3.8) is 0 Å². The molecule has 7 nitrogen and oxygen atoms in total. The van der Waals surface area contributed by atoms with E-state index in [-0.39, 0.29) is 18.5 Å². The van der Waals surface area contributed by atoms with Crippen molar-refractivity contribution in [2.24, 2.45) is 0 Å². The van der Waals surface area contributed by atoms with Crippen LogP contribution < -0.4 is 14.8 Å². The molecule has 154 valence electrons. The highest BCUT2D eigenvalue weighted by molar-refractivity contribution is 8.00. The van der Waals surface area contributed by atoms with Crippen LogP contribution in [0.4, 0.5) is 10.1 Å². The number of nitrogens with one attached hydrogen (secondary N) is 1. The van der Waals surface area contributed by atoms with Crippen LogP contribution in [0.1, 0.15) is 6.92 Å². The molecule has 1 aliphatic rings. The molecule has 0 bridgehead atoms. The molecular formula is C21H19FN4O3S. The highest BCUT2D eigenvalue weighted by Gasteiger charge is 2.22. The molecule has 9 heteroatoms. The Morgan fingerprint density at radius 2 is 2.10 bits per heavy atom. The number of hydrogen-bond donors (Lipinski definition) is 1. The number of aromatic nitrogens is 3. The smallest absolute Gasteiger partial charge is 0.237 e. The summed E-state index contributed by atoms with van der Waals surface area (Å²) in [5.41, 5.74) is 0.951. The predicted octanol–water partition coefficient (Wildman–Crippen LogP) is 4.12. The predicted molar refractivity (Wildman–Crippen MR) is 112 cm³/mol. The number of benzene rings is 2. The minimum Gasteiger partial charge on any atom is -0.454 e. The number of hydrogen-bond acceptors (Lipinski definition) is 6. The molecule has 2 heterocycles. The molecule has 0 fully saturated rings. The van der Waals surface area contributed by atoms with E-state index >= 15 is 0 Å². The third kappa shape index (κ3) is 4.02. The number of rotatable bonds is 7. The first kappa shape index (κ1) is 20.0.